The zero-order valence-electron chi connectivity index (χ0n) is 16.0. The van der Waals surface area contributed by atoms with Gasteiger partial charge in [-0.25, -0.2) is 4.39 Å². The molecule has 1 saturated heterocycles. The van der Waals surface area contributed by atoms with E-state index < -0.39 is 6.10 Å². The summed E-state index contributed by atoms with van der Waals surface area (Å²) < 4.78 is 16.0. The van der Waals surface area contributed by atoms with Crippen LogP contribution in [0.2, 0.25) is 0 Å². The van der Waals surface area contributed by atoms with E-state index in [1.807, 2.05) is 36.5 Å². The Morgan fingerprint density at radius 2 is 1.75 bits per heavy atom. The average molecular weight is 404 g/mol. The van der Waals surface area contributed by atoms with Gasteiger partial charge < -0.3 is 14.6 Å². The van der Waals surface area contributed by atoms with Gasteiger partial charge in [0.05, 0.1) is 12.1 Å². The Morgan fingerprint density at radius 3 is 2.50 bits per heavy atom. The predicted molar refractivity (Wildman–Crippen MR) is 114 cm³/mol. The van der Waals surface area contributed by atoms with Crippen LogP contribution < -0.4 is 0 Å². The van der Waals surface area contributed by atoms with Crippen molar-refractivity contribution in [2.24, 2.45) is 0 Å². The summed E-state index contributed by atoms with van der Waals surface area (Å²) in [4.78, 5) is 4.59. The second-order valence-electron chi connectivity index (χ2n) is 7.45. The molecule has 1 fully saturated rings. The van der Waals surface area contributed by atoms with Crippen LogP contribution in [0.5, 0.6) is 0 Å². The topological polar surface area (TPSA) is 31.6 Å². The standard InChI is InChI=1S/C22H26FN3O.ClH/c1-24-11-13-25(14-12-24)16-21(27)22(18-6-4-7-19(23)15-18)26-10-9-17-5-2-3-8-20(17)26;/h2-10,15,21-22,27H,11-14,16H2,1H3;1H/t21-,22+;/m1./s1. The number of fused-ring (bicyclic) bond motifs is 1. The number of piperazine rings is 1. The monoisotopic (exact) mass is 403 g/mol. The highest BCUT2D eigenvalue weighted by atomic mass is 35.5. The third-order valence-corrected chi connectivity index (χ3v) is 5.53. The van der Waals surface area contributed by atoms with Crippen LogP contribution in [0.3, 0.4) is 0 Å². The molecule has 1 aliphatic heterocycles. The molecule has 1 aliphatic rings. The third-order valence-electron chi connectivity index (χ3n) is 5.53. The molecule has 4 nitrogen and oxygen atoms in total. The second kappa shape index (κ2) is 9.05. The van der Waals surface area contributed by atoms with Crippen molar-refractivity contribution >= 4 is 23.3 Å². The van der Waals surface area contributed by atoms with Gasteiger partial charge in [0.15, 0.2) is 0 Å². The Morgan fingerprint density at radius 1 is 1.00 bits per heavy atom. The van der Waals surface area contributed by atoms with Gasteiger partial charge in [0.2, 0.25) is 0 Å². The number of hydrogen-bond acceptors (Lipinski definition) is 3. The van der Waals surface area contributed by atoms with Crippen molar-refractivity contribution in [3.63, 3.8) is 0 Å². The number of benzene rings is 2. The minimum Gasteiger partial charge on any atom is -0.389 e. The number of nitrogens with zero attached hydrogens (tertiary/aromatic N) is 3. The van der Waals surface area contributed by atoms with E-state index >= 15 is 0 Å². The summed E-state index contributed by atoms with van der Waals surface area (Å²) in [6, 6.07) is 16.4. The SMILES string of the molecule is CN1CCN(C[C@@H](O)[C@H](c2cccc(F)c2)n2ccc3ccccc32)CC1.Cl. The van der Waals surface area contributed by atoms with Gasteiger partial charge in [0, 0.05) is 44.4 Å². The largest absolute Gasteiger partial charge is 0.389 e. The van der Waals surface area contributed by atoms with E-state index in [1.54, 1.807) is 6.07 Å². The smallest absolute Gasteiger partial charge is 0.123 e. The molecule has 0 saturated carbocycles. The van der Waals surface area contributed by atoms with E-state index in [0.717, 1.165) is 42.6 Å². The van der Waals surface area contributed by atoms with Crippen molar-refractivity contribution in [2.75, 3.05) is 39.8 Å². The van der Waals surface area contributed by atoms with Crippen molar-refractivity contribution in [1.29, 1.82) is 0 Å². The number of aliphatic hydroxyl groups excluding tert-OH is 1. The molecule has 0 amide bonds. The van der Waals surface area contributed by atoms with E-state index in [0.29, 0.717) is 6.54 Å². The van der Waals surface area contributed by atoms with Gasteiger partial charge >= 0.3 is 0 Å². The Hall–Kier alpha value is -1.92. The summed E-state index contributed by atoms with van der Waals surface area (Å²) in [5.74, 6) is -0.277. The van der Waals surface area contributed by atoms with E-state index in [2.05, 4.69) is 27.5 Å². The van der Waals surface area contributed by atoms with Gasteiger partial charge in [-0.3, -0.25) is 4.90 Å². The predicted octanol–water partition coefficient (Wildman–Crippen LogP) is 3.40. The van der Waals surface area contributed by atoms with Crippen molar-refractivity contribution in [3.8, 4) is 0 Å². The fourth-order valence-corrected chi connectivity index (χ4v) is 4.00. The van der Waals surface area contributed by atoms with Gasteiger partial charge in [-0.1, -0.05) is 30.3 Å². The lowest BCUT2D eigenvalue weighted by Gasteiger charge is -2.36. The molecule has 28 heavy (non-hydrogen) atoms. The van der Waals surface area contributed by atoms with E-state index in [1.165, 1.54) is 12.1 Å². The van der Waals surface area contributed by atoms with E-state index in [9.17, 15) is 9.50 Å². The van der Waals surface area contributed by atoms with Gasteiger partial charge in [0.25, 0.3) is 0 Å². The summed E-state index contributed by atoms with van der Waals surface area (Å²) in [5, 5.41) is 12.3. The molecule has 0 radical (unpaired) electrons. The van der Waals surface area contributed by atoms with Crippen LogP contribution in [0.1, 0.15) is 11.6 Å². The molecule has 0 unspecified atom stereocenters. The van der Waals surface area contributed by atoms with Crippen LogP contribution in [0.15, 0.2) is 60.8 Å². The zero-order chi connectivity index (χ0) is 18.8. The Labute approximate surface area is 171 Å². The molecule has 2 heterocycles. The first kappa shape index (κ1) is 20.8. The fourth-order valence-electron chi connectivity index (χ4n) is 4.00. The number of likely N-dealkylation sites (N-methyl/N-ethyl adjacent to an activating group) is 1. The number of para-hydroxylation sites is 1. The molecule has 2 aromatic carbocycles. The van der Waals surface area contributed by atoms with Crippen LogP contribution in [0.4, 0.5) is 4.39 Å². The highest BCUT2D eigenvalue weighted by molar-refractivity contribution is 5.85. The van der Waals surface area contributed by atoms with Crippen LogP contribution >= 0.6 is 12.4 Å². The minimum absolute atomic E-state index is 0. The Balaban J connectivity index is 0.00000225. The van der Waals surface area contributed by atoms with Crippen molar-refractivity contribution in [1.82, 2.24) is 14.4 Å². The summed E-state index contributed by atoms with van der Waals surface area (Å²) in [6.07, 6.45) is 1.36. The first-order chi connectivity index (χ1) is 13.1. The summed E-state index contributed by atoms with van der Waals surface area (Å²) in [5.41, 5.74) is 1.84. The van der Waals surface area contributed by atoms with Gasteiger partial charge in [0.1, 0.15) is 5.82 Å². The lowest BCUT2D eigenvalue weighted by molar-refractivity contribution is 0.0593. The molecule has 2 atom stereocenters. The van der Waals surface area contributed by atoms with Crippen LogP contribution in [-0.2, 0) is 0 Å². The normalized spacial score (nSPS) is 18.0. The lowest BCUT2D eigenvalue weighted by atomic mass is 9.99. The maximum Gasteiger partial charge on any atom is 0.123 e. The number of aliphatic hydroxyl groups is 1. The molecule has 0 aliphatic carbocycles. The maximum absolute atomic E-state index is 13.9. The van der Waals surface area contributed by atoms with Crippen molar-refractivity contribution in [2.45, 2.75) is 12.1 Å². The average Bonchev–Trinajstić information content (AvgIpc) is 3.08. The minimum atomic E-state index is -0.633. The molecule has 0 bridgehead atoms. The quantitative estimate of drug-likeness (QED) is 0.708. The fraction of sp³-hybridized carbons (Fsp3) is 0.364. The third kappa shape index (κ3) is 4.39. The van der Waals surface area contributed by atoms with Crippen LogP contribution in [0, 0.1) is 5.82 Å². The maximum atomic E-state index is 13.9. The molecule has 0 spiro atoms. The number of β-amino-alcohol motifs (C(OH)–C–C–N with tert-alkyl or cyclic N) is 1. The Kier molecular flexibility index (Phi) is 6.73. The summed E-state index contributed by atoms with van der Waals surface area (Å²) >= 11 is 0. The van der Waals surface area contributed by atoms with E-state index in [4.69, 9.17) is 0 Å². The molecular weight excluding hydrogens is 377 g/mol. The number of hydrogen-bond donors (Lipinski definition) is 1. The van der Waals surface area contributed by atoms with Gasteiger partial charge in [-0.05, 0) is 42.3 Å². The number of halogens is 2. The van der Waals surface area contributed by atoms with Crippen LogP contribution in [0.25, 0.3) is 10.9 Å². The van der Waals surface area contributed by atoms with Gasteiger partial charge in [-0.15, -0.1) is 12.4 Å². The molecular formula is C22H27ClFN3O. The van der Waals surface area contributed by atoms with Crippen molar-refractivity contribution < 1.29 is 9.50 Å². The first-order valence-corrected chi connectivity index (χ1v) is 9.52. The van der Waals surface area contributed by atoms with Crippen molar-refractivity contribution in [3.05, 3.63) is 72.2 Å². The zero-order valence-corrected chi connectivity index (χ0v) is 16.9. The van der Waals surface area contributed by atoms with Crippen LogP contribution in [-0.4, -0.2) is 65.3 Å². The first-order valence-electron chi connectivity index (χ1n) is 9.52. The highest BCUT2D eigenvalue weighted by Gasteiger charge is 2.27. The summed E-state index contributed by atoms with van der Waals surface area (Å²) in [6.45, 7) is 4.46. The summed E-state index contributed by atoms with van der Waals surface area (Å²) in [7, 11) is 2.12. The highest BCUT2D eigenvalue weighted by Crippen LogP contribution is 2.29. The molecule has 4 rings (SSSR count). The van der Waals surface area contributed by atoms with Gasteiger partial charge in [-0.2, -0.15) is 0 Å². The Bertz CT molecular complexity index is 907. The molecule has 6 heteroatoms. The molecule has 1 N–H and O–H groups in total. The number of aromatic nitrogens is 1. The molecule has 150 valence electrons. The number of rotatable bonds is 5. The second-order valence-corrected chi connectivity index (χ2v) is 7.45. The lowest BCUT2D eigenvalue weighted by Crippen LogP contribution is -2.48. The van der Waals surface area contributed by atoms with E-state index in [-0.39, 0.29) is 24.3 Å². The molecule has 3 aromatic rings. The molecule has 1 aromatic heterocycles.